The molecule has 1 aromatic carbocycles. The van der Waals surface area contributed by atoms with Crippen LogP contribution in [0.15, 0.2) is 35.0 Å². The third-order valence-electron chi connectivity index (χ3n) is 4.17. The van der Waals surface area contributed by atoms with Gasteiger partial charge < -0.3 is 5.73 Å². The summed E-state index contributed by atoms with van der Waals surface area (Å²) in [5, 5.41) is 0. The molecule has 1 aliphatic rings. The van der Waals surface area contributed by atoms with Crippen LogP contribution in [0.1, 0.15) is 37.5 Å². The summed E-state index contributed by atoms with van der Waals surface area (Å²) in [7, 11) is 0. The molecule has 0 bridgehead atoms. The zero-order valence-electron chi connectivity index (χ0n) is 12.4. The van der Waals surface area contributed by atoms with Gasteiger partial charge in [0.2, 0.25) is 6.08 Å². The summed E-state index contributed by atoms with van der Waals surface area (Å²) in [6, 6.07) is 6.21. The van der Waals surface area contributed by atoms with Crippen LogP contribution in [0.4, 0.5) is 0 Å². The molecule has 0 saturated heterocycles. The number of aryl methyl sites for hydroxylation is 1. The van der Waals surface area contributed by atoms with Crippen LogP contribution in [0.3, 0.4) is 0 Å². The van der Waals surface area contributed by atoms with Crippen molar-refractivity contribution in [2.24, 2.45) is 16.1 Å². The lowest BCUT2D eigenvalue weighted by atomic mass is 9.71. The lowest BCUT2D eigenvalue weighted by Gasteiger charge is -2.39. The maximum Gasteiger partial charge on any atom is 0.240 e. The van der Waals surface area contributed by atoms with Gasteiger partial charge in [-0.1, -0.05) is 35.9 Å². The van der Waals surface area contributed by atoms with Crippen LogP contribution in [0.25, 0.3) is 12.2 Å². The molecule has 0 spiro atoms. The van der Waals surface area contributed by atoms with E-state index in [2.05, 4.69) is 23.2 Å². The molecule has 104 valence electrons. The molecule has 1 unspecified atom stereocenters. The molecule has 0 fully saturated rings. The van der Waals surface area contributed by atoms with Crippen LogP contribution in [0.2, 0.25) is 0 Å². The van der Waals surface area contributed by atoms with E-state index in [-0.39, 0.29) is 0 Å². The van der Waals surface area contributed by atoms with Crippen molar-refractivity contribution in [1.82, 2.24) is 0 Å². The molecule has 0 amide bonds. The quantitative estimate of drug-likeness (QED) is 0.660. The van der Waals surface area contributed by atoms with Gasteiger partial charge in [0.15, 0.2) is 0 Å². The molecular formula is C17H20N2O. The molecule has 0 aliphatic heterocycles. The van der Waals surface area contributed by atoms with Crippen LogP contribution in [-0.4, -0.2) is 11.6 Å². The molecule has 0 heterocycles. The summed E-state index contributed by atoms with van der Waals surface area (Å²) in [5.41, 5.74) is 9.19. The minimum absolute atomic E-state index is 0.530. The van der Waals surface area contributed by atoms with Gasteiger partial charge >= 0.3 is 0 Å². The van der Waals surface area contributed by atoms with Gasteiger partial charge in [0.1, 0.15) is 0 Å². The first kappa shape index (κ1) is 14.4. The SMILES string of the molecule is Cc1ccc2c(c1)C=C(N=C=O)C(C)(C(C)(C)N)C=C2. The molecular weight excluding hydrogens is 248 g/mol. The van der Waals surface area contributed by atoms with Crippen molar-refractivity contribution in [3.8, 4) is 0 Å². The standard InChI is InChI=1S/C17H20N2O/c1-12-5-6-13-7-8-17(4,16(2,3)18)15(19-11-20)10-14(13)9-12/h5-10H,18H2,1-4H3. The van der Waals surface area contributed by atoms with Crippen molar-refractivity contribution in [3.05, 3.63) is 46.7 Å². The average Bonchev–Trinajstić information content (AvgIpc) is 2.48. The van der Waals surface area contributed by atoms with E-state index < -0.39 is 11.0 Å². The van der Waals surface area contributed by atoms with E-state index in [9.17, 15) is 4.79 Å². The van der Waals surface area contributed by atoms with E-state index in [4.69, 9.17) is 5.73 Å². The van der Waals surface area contributed by atoms with Gasteiger partial charge in [-0.3, -0.25) is 0 Å². The average molecular weight is 268 g/mol. The first-order valence-electron chi connectivity index (χ1n) is 6.67. The molecule has 1 aromatic rings. The minimum Gasteiger partial charge on any atom is -0.324 e. The van der Waals surface area contributed by atoms with E-state index in [1.165, 1.54) is 5.56 Å². The first-order valence-corrected chi connectivity index (χ1v) is 6.67. The monoisotopic (exact) mass is 268 g/mol. The molecule has 2 N–H and O–H groups in total. The summed E-state index contributed by atoms with van der Waals surface area (Å²) in [4.78, 5) is 14.7. The van der Waals surface area contributed by atoms with Crippen LogP contribution in [0.5, 0.6) is 0 Å². The van der Waals surface area contributed by atoms with E-state index in [0.717, 1.165) is 11.1 Å². The van der Waals surface area contributed by atoms with Gasteiger partial charge in [0.25, 0.3) is 0 Å². The van der Waals surface area contributed by atoms with Crippen LogP contribution < -0.4 is 5.73 Å². The van der Waals surface area contributed by atoms with Crippen molar-refractivity contribution in [3.63, 3.8) is 0 Å². The third-order valence-corrected chi connectivity index (χ3v) is 4.17. The van der Waals surface area contributed by atoms with Gasteiger partial charge in [-0.25, -0.2) is 4.79 Å². The Hall–Kier alpha value is -1.96. The van der Waals surface area contributed by atoms with Crippen LogP contribution in [0, 0.1) is 12.3 Å². The Bertz CT molecular complexity index is 643. The molecule has 0 saturated carbocycles. The van der Waals surface area contributed by atoms with Gasteiger partial charge in [-0.2, -0.15) is 4.99 Å². The number of isocyanates is 1. The number of hydrogen-bond donors (Lipinski definition) is 1. The molecule has 2 rings (SSSR count). The van der Waals surface area contributed by atoms with Crippen molar-refractivity contribution >= 4 is 18.2 Å². The van der Waals surface area contributed by atoms with E-state index in [0.29, 0.717) is 5.70 Å². The zero-order valence-corrected chi connectivity index (χ0v) is 12.4. The zero-order chi connectivity index (χ0) is 15.0. The number of nitrogens with zero attached hydrogens (tertiary/aromatic N) is 1. The maximum absolute atomic E-state index is 10.8. The van der Waals surface area contributed by atoms with Gasteiger partial charge in [-0.05, 0) is 44.9 Å². The second-order valence-electron chi connectivity index (χ2n) is 6.12. The molecule has 3 heteroatoms. The highest BCUT2D eigenvalue weighted by Crippen LogP contribution is 2.42. The smallest absolute Gasteiger partial charge is 0.240 e. The largest absolute Gasteiger partial charge is 0.324 e. The topological polar surface area (TPSA) is 55.5 Å². The van der Waals surface area contributed by atoms with Gasteiger partial charge in [0.05, 0.1) is 5.70 Å². The second kappa shape index (κ2) is 4.86. The van der Waals surface area contributed by atoms with Crippen molar-refractivity contribution in [1.29, 1.82) is 0 Å². The lowest BCUT2D eigenvalue weighted by molar-refractivity contribution is 0.295. The summed E-state index contributed by atoms with van der Waals surface area (Å²) < 4.78 is 0. The fraction of sp³-hybridized carbons (Fsp3) is 0.353. The summed E-state index contributed by atoms with van der Waals surface area (Å²) in [5.74, 6) is 0. The third kappa shape index (κ3) is 2.38. The maximum atomic E-state index is 10.8. The Kier molecular flexibility index (Phi) is 3.51. The number of rotatable bonds is 2. The molecule has 20 heavy (non-hydrogen) atoms. The number of aliphatic imine (C=N–C) groups is 1. The lowest BCUT2D eigenvalue weighted by Crippen LogP contribution is -2.48. The van der Waals surface area contributed by atoms with Crippen molar-refractivity contribution in [2.75, 3.05) is 0 Å². The highest BCUT2D eigenvalue weighted by Gasteiger charge is 2.40. The Morgan fingerprint density at radius 2 is 2.00 bits per heavy atom. The summed E-state index contributed by atoms with van der Waals surface area (Å²) in [6.07, 6.45) is 7.66. The normalized spacial score (nSPS) is 21.6. The Morgan fingerprint density at radius 1 is 1.30 bits per heavy atom. The number of hydrogen-bond acceptors (Lipinski definition) is 3. The van der Waals surface area contributed by atoms with Gasteiger partial charge in [-0.15, -0.1) is 0 Å². The summed E-state index contributed by atoms with van der Waals surface area (Å²) in [6.45, 7) is 7.91. The highest BCUT2D eigenvalue weighted by molar-refractivity contribution is 5.72. The van der Waals surface area contributed by atoms with E-state index in [1.54, 1.807) is 6.08 Å². The predicted octanol–water partition coefficient (Wildman–Crippen LogP) is 3.44. The highest BCUT2D eigenvalue weighted by atomic mass is 16.1. The summed E-state index contributed by atoms with van der Waals surface area (Å²) >= 11 is 0. The number of benzene rings is 1. The van der Waals surface area contributed by atoms with Crippen molar-refractivity contribution < 1.29 is 4.79 Å². The van der Waals surface area contributed by atoms with E-state index in [1.807, 2.05) is 45.9 Å². The van der Waals surface area contributed by atoms with E-state index >= 15 is 0 Å². The Balaban J connectivity index is 2.73. The fourth-order valence-corrected chi connectivity index (χ4v) is 2.35. The van der Waals surface area contributed by atoms with Crippen molar-refractivity contribution in [2.45, 2.75) is 33.2 Å². The number of nitrogens with two attached hydrogens (primary N) is 1. The Labute approximate surface area is 119 Å². The number of carbonyl (C=O) groups excluding carboxylic acids is 1. The van der Waals surface area contributed by atoms with Crippen LogP contribution >= 0.6 is 0 Å². The fourth-order valence-electron chi connectivity index (χ4n) is 2.35. The molecule has 1 aliphatic carbocycles. The second-order valence-corrected chi connectivity index (χ2v) is 6.12. The molecule has 3 nitrogen and oxygen atoms in total. The predicted molar refractivity (Wildman–Crippen MR) is 82.7 cm³/mol. The van der Waals surface area contributed by atoms with Crippen LogP contribution in [-0.2, 0) is 4.79 Å². The minimum atomic E-state index is -0.549. The molecule has 0 radical (unpaired) electrons. The first-order chi connectivity index (χ1) is 9.28. The molecule has 0 aromatic heterocycles. The van der Waals surface area contributed by atoms with Gasteiger partial charge in [0, 0.05) is 11.0 Å². The number of fused-ring (bicyclic) bond motifs is 1. The Morgan fingerprint density at radius 3 is 2.60 bits per heavy atom. The molecule has 1 atom stereocenters.